The molecule has 2 atom stereocenters. The molecule has 0 saturated carbocycles. The Morgan fingerprint density at radius 3 is 2.77 bits per heavy atom. The number of amides is 1. The van der Waals surface area contributed by atoms with Crippen LogP contribution in [0, 0.1) is 5.82 Å². The molecule has 0 bridgehead atoms. The van der Waals surface area contributed by atoms with Gasteiger partial charge in [-0.25, -0.2) is 4.39 Å². The smallest absolute Gasteiger partial charge is 0.376 e. The van der Waals surface area contributed by atoms with Crippen molar-refractivity contribution in [1.82, 2.24) is 25.2 Å². The van der Waals surface area contributed by atoms with Gasteiger partial charge in [0.2, 0.25) is 5.82 Å². The van der Waals surface area contributed by atoms with Crippen molar-refractivity contribution in [3.8, 4) is 11.4 Å². The third-order valence-electron chi connectivity index (χ3n) is 4.82. The minimum absolute atomic E-state index is 0.00211. The molecule has 8 nitrogen and oxygen atoms in total. The van der Waals surface area contributed by atoms with Crippen LogP contribution in [0.1, 0.15) is 41.0 Å². The number of carbonyl (C=O) groups excluding carboxylic acids is 1. The van der Waals surface area contributed by atoms with Gasteiger partial charge in [0.25, 0.3) is 11.8 Å². The maximum Gasteiger partial charge on any atom is 0.435 e. The lowest BCUT2D eigenvalue weighted by molar-refractivity contribution is -0.141. The van der Waals surface area contributed by atoms with Gasteiger partial charge in [0, 0.05) is 25.3 Å². The summed E-state index contributed by atoms with van der Waals surface area (Å²) in [7, 11) is 1.24. The highest BCUT2D eigenvalue weighted by Gasteiger charge is 2.37. The lowest BCUT2D eigenvalue weighted by Gasteiger charge is -2.20. The molecule has 0 unspecified atom stereocenters. The first-order valence-electron chi connectivity index (χ1n) is 9.35. The van der Waals surface area contributed by atoms with Gasteiger partial charge in [-0.1, -0.05) is 17.3 Å². The molecule has 1 fully saturated rings. The zero-order valence-electron chi connectivity index (χ0n) is 16.2. The zero-order chi connectivity index (χ0) is 22.2. The highest BCUT2D eigenvalue weighted by Crippen LogP contribution is 2.30. The molecule has 12 heteroatoms. The van der Waals surface area contributed by atoms with Crippen LogP contribution >= 0.6 is 0 Å². The van der Waals surface area contributed by atoms with E-state index < -0.39 is 35.7 Å². The maximum atomic E-state index is 13.5. The Labute approximate surface area is 173 Å². The number of aryl methyl sites for hydroxylation is 1. The van der Waals surface area contributed by atoms with Gasteiger partial charge in [-0.2, -0.15) is 23.3 Å². The van der Waals surface area contributed by atoms with Crippen molar-refractivity contribution in [3.05, 3.63) is 53.4 Å². The molecule has 1 N–H and O–H groups in total. The van der Waals surface area contributed by atoms with Crippen molar-refractivity contribution in [2.45, 2.75) is 31.2 Å². The fourth-order valence-electron chi connectivity index (χ4n) is 3.32. The van der Waals surface area contributed by atoms with Crippen LogP contribution in [-0.4, -0.2) is 38.5 Å². The van der Waals surface area contributed by atoms with Gasteiger partial charge in [0.15, 0.2) is 5.69 Å². The van der Waals surface area contributed by atoms with Gasteiger partial charge < -0.3 is 14.6 Å². The Morgan fingerprint density at radius 1 is 1.32 bits per heavy atom. The standard InChI is InChI=1S/C19H17F4N5O3/c1-28-12(9-14(26-28)19(21,22)23)17(29)24-15(13-6-3-7-30-13)18-25-16(27-31-18)10-4-2-5-11(20)8-10/h2,4-5,8-9,13,15H,3,6-7H2,1H3,(H,24,29)/t13-,15+/m0/s1. The summed E-state index contributed by atoms with van der Waals surface area (Å²) in [4.78, 5) is 17.0. The van der Waals surface area contributed by atoms with Crippen molar-refractivity contribution >= 4 is 5.91 Å². The number of nitrogens with zero attached hydrogens (tertiary/aromatic N) is 4. The SMILES string of the molecule is Cn1nc(C(F)(F)F)cc1C(=O)N[C@@H](c1nc(-c2cccc(F)c2)no1)[C@@H]1CCCO1. The number of carbonyl (C=O) groups is 1. The Morgan fingerprint density at radius 2 is 2.13 bits per heavy atom. The van der Waals surface area contributed by atoms with Crippen molar-refractivity contribution < 1.29 is 31.6 Å². The minimum Gasteiger partial charge on any atom is -0.376 e. The molecular weight excluding hydrogens is 422 g/mol. The number of hydrogen-bond acceptors (Lipinski definition) is 6. The Balaban J connectivity index is 1.61. The lowest BCUT2D eigenvalue weighted by atomic mass is 10.1. The molecule has 31 heavy (non-hydrogen) atoms. The molecule has 0 aliphatic carbocycles. The van der Waals surface area contributed by atoms with Crippen LogP contribution in [0.2, 0.25) is 0 Å². The van der Waals surface area contributed by atoms with Crippen molar-refractivity contribution in [3.63, 3.8) is 0 Å². The molecular formula is C19H17F4N5O3. The number of hydrogen-bond donors (Lipinski definition) is 1. The summed E-state index contributed by atoms with van der Waals surface area (Å²) >= 11 is 0. The van der Waals surface area contributed by atoms with Gasteiger partial charge in [0.1, 0.15) is 17.6 Å². The van der Waals surface area contributed by atoms with Crippen LogP contribution < -0.4 is 5.32 Å². The number of halogens is 4. The average Bonchev–Trinajstić information content (AvgIpc) is 3.46. The highest BCUT2D eigenvalue weighted by molar-refractivity contribution is 5.93. The molecule has 1 aromatic carbocycles. The number of benzene rings is 1. The fraction of sp³-hybridized carbons (Fsp3) is 0.368. The first-order chi connectivity index (χ1) is 14.7. The van der Waals surface area contributed by atoms with Crippen molar-refractivity contribution in [2.24, 2.45) is 7.05 Å². The Hall–Kier alpha value is -3.28. The van der Waals surface area contributed by atoms with E-state index in [1.165, 1.54) is 25.2 Å². The lowest BCUT2D eigenvalue weighted by Crippen LogP contribution is -2.37. The summed E-state index contributed by atoms with van der Waals surface area (Å²) in [5, 5.41) is 9.78. The highest BCUT2D eigenvalue weighted by atomic mass is 19.4. The number of alkyl halides is 3. The first kappa shape index (κ1) is 21.0. The molecule has 3 heterocycles. The van der Waals surface area contributed by atoms with E-state index in [9.17, 15) is 22.4 Å². The van der Waals surface area contributed by atoms with Crippen LogP contribution in [0.15, 0.2) is 34.9 Å². The molecule has 0 spiro atoms. The van der Waals surface area contributed by atoms with Gasteiger partial charge in [-0.15, -0.1) is 0 Å². The average molecular weight is 439 g/mol. The zero-order valence-corrected chi connectivity index (χ0v) is 16.2. The number of aromatic nitrogens is 4. The van der Waals surface area contributed by atoms with E-state index in [-0.39, 0.29) is 17.4 Å². The van der Waals surface area contributed by atoms with Crippen LogP contribution in [-0.2, 0) is 18.0 Å². The number of ether oxygens (including phenoxy) is 1. The second-order valence-corrected chi connectivity index (χ2v) is 7.01. The first-order valence-corrected chi connectivity index (χ1v) is 9.35. The van der Waals surface area contributed by atoms with Gasteiger partial charge >= 0.3 is 6.18 Å². The Bertz CT molecular complexity index is 1090. The van der Waals surface area contributed by atoms with Crippen molar-refractivity contribution in [2.75, 3.05) is 6.61 Å². The van der Waals surface area contributed by atoms with E-state index in [4.69, 9.17) is 9.26 Å². The van der Waals surface area contributed by atoms with Gasteiger partial charge in [-0.05, 0) is 25.0 Å². The molecule has 4 rings (SSSR count). The largest absolute Gasteiger partial charge is 0.435 e. The molecule has 1 saturated heterocycles. The van der Waals surface area contributed by atoms with E-state index in [2.05, 4.69) is 20.6 Å². The fourth-order valence-corrected chi connectivity index (χ4v) is 3.32. The molecule has 1 amide bonds. The molecule has 2 aromatic heterocycles. The topological polar surface area (TPSA) is 95.1 Å². The predicted octanol–water partition coefficient (Wildman–Crippen LogP) is 3.28. The van der Waals surface area contributed by atoms with Crippen LogP contribution in [0.25, 0.3) is 11.4 Å². The van der Waals surface area contributed by atoms with E-state index in [1.54, 1.807) is 6.07 Å². The summed E-state index contributed by atoms with van der Waals surface area (Å²) in [5.74, 6) is -1.19. The number of rotatable bonds is 5. The quantitative estimate of drug-likeness (QED) is 0.613. The molecule has 164 valence electrons. The minimum atomic E-state index is -4.68. The second-order valence-electron chi connectivity index (χ2n) is 7.01. The number of nitrogens with one attached hydrogen (secondary N) is 1. The van der Waals surface area contributed by atoms with Gasteiger partial charge in [-0.3, -0.25) is 9.48 Å². The van der Waals surface area contributed by atoms with Crippen LogP contribution in [0.4, 0.5) is 17.6 Å². The molecule has 1 aliphatic rings. The van der Waals surface area contributed by atoms with E-state index in [1.807, 2.05) is 0 Å². The van der Waals surface area contributed by atoms with Crippen LogP contribution in [0.5, 0.6) is 0 Å². The monoisotopic (exact) mass is 439 g/mol. The molecule has 0 radical (unpaired) electrons. The molecule has 3 aromatic rings. The van der Waals surface area contributed by atoms with E-state index in [0.29, 0.717) is 24.7 Å². The predicted molar refractivity (Wildman–Crippen MR) is 97.1 cm³/mol. The Kier molecular flexibility index (Phi) is 5.48. The van der Waals surface area contributed by atoms with Crippen LogP contribution in [0.3, 0.4) is 0 Å². The molecule has 1 aliphatic heterocycles. The van der Waals surface area contributed by atoms with Gasteiger partial charge in [0.05, 0.1) is 6.10 Å². The summed E-state index contributed by atoms with van der Waals surface area (Å²) in [5.41, 5.74) is -1.10. The third-order valence-corrected chi connectivity index (χ3v) is 4.82. The third kappa shape index (κ3) is 4.43. The summed E-state index contributed by atoms with van der Waals surface area (Å²) in [6.07, 6.45) is -3.90. The van der Waals surface area contributed by atoms with E-state index in [0.717, 1.165) is 11.1 Å². The normalized spacial score (nSPS) is 17.6. The second kappa shape index (κ2) is 8.10. The summed E-state index contributed by atoms with van der Waals surface area (Å²) in [6, 6.07) is 5.32. The van der Waals surface area contributed by atoms with Crippen molar-refractivity contribution in [1.29, 1.82) is 0 Å². The summed E-state index contributed by atoms with van der Waals surface area (Å²) in [6.45, 7) is 0.450. The maximum absolute atomic E-state index is 13.5. The summed E-state index contributed by atoms with van der Waals surface area (Å²) < 4.78 is 64.0. The van der Waals surface area contributed by atoms with E-state index >= 15 is 0 Å².